The first-order valence-electron chi connectivity index (χ1n) is 3.82. The number of aromatic nitrogens is 2. The van der Waals surface area contributed by atoms with Gasteiger partial charge in [0.1, 0.15) is 0 Å². The summed E-state index contributed by atoms with van der Waals surface area (Å²) in [6, 6.07) is -0.159. The van der Waals surface area contributed by atoms with Crippen molar-refractivity contribution in [2.75, 3.05) is 0 Å². The summed E-state index contributed by atoms with van der Waals surface area (Å²) in [5.41, 5.74) is 5.53. The molecule has 0 radical (unpaired) electrons. The summed E-state index contributed by atoms with van der Waals surface area (Å²) in [6.45, 7) is 3.89. The Balaban J connectivity index is 2.66. The van der Waals surface area contributed by atoms with Crippen molar-refractivity contribution in [2.24, 2.45) is 5.73 Å². The lowest BCUT2D eigenvalue weighted by Gasteiger charge is -1.92. The van der Waals surface area contributed by atoms with Crippen LogP contribution in [0, 0.1) is 0 Å². The Morgan fingerprint density at radius 3 is 2.82 bits per heavy atom. The summed E-state index contributed by atoms with van der Waals surface area (Å²) >= 11 is 0. The number of aryl methyl sites for hydroxylation is 1. The predicted molar refractivity (Wildman–Crippen MR) is 40.9 cm³/mol. The highest BCUT2D eigenvalue weighted by Crippen LogP contribution is 2.06. The molecule has 0 aliphatic rings. The Morgan fingerprint density at radius 1 is 1.64 bits per heavy atom. The van der Waals surface area contributed by atoms with Gasteiger partial charge in [-0.1, -0.05) is 12.1 Å². The van der Waals surface area contributed by atoms with Crippen molar-refractivity contribution < 1.29 is 4.52 Å². The van der Waals surface area contributed by atoms with Crippen molar-refractivity contribution in [3.05, 3.63) is 11.7 Å². The first kappa shape index (κ1) is 8.20. The maximum Gasteiger partial charge on any atom is 0.243 e. The Bertz CT molecular complexity index is 219. The van der Waals surface area contributed by atoms with Gasteiger partial charge in [-0.05, 0) is 13.3 Å². The van der Waals surface area contributed by atoms with E-state index in [1.807, 2.05) is 6.92 Å². The van der Waals surface area contributed by atoms with Gasteiger partial charge in [0.25, 0.3) is 0 Å². The van der Waals surface area contributed by atoms with E-state index < -0.39 is 0 Å². The largest absolute Gasteiger partial charge is 0.338 e. The second-order valence-corrected chi connectivity index (χ2v) is 2.59. The number of rotatable bonds is 3. The molecule has 0 amide bonds. The van der Waals surface area contributed by atoms with Crippen molar-refractivity contribution in [1.82, 2.24) is 10.1 Å². The molecule has 1 rings (SSSR count). The van der Waals surface area contributed by atoms with Crippen molar-refractivity contribution in [1.29, 1.82) is 0 Å². The zero-order valence-electron chi connectivity index (χ0n) is 6.87. The van der Waals surface area contributed by atoms with E-state index in [0.717, 1.165) is 18.7 Å². The van der Waals surface area contributed by atoms with Crippen LogP contribution in [0.15, 0.2) is 4.52 Å². The fraction of sp³-hybridized carbons (Fsp3) is 0.714. The Labute approximate surface area is 65.8 Å². The molecule has 0 aliphatic carbocycles. The first-order valence-corrected chi connectivity index (χ1v) is 3.82. The molecule has 0 saturated carbocycles. The minimum absolute atomic E-state index is 0.159. The molecule has 0 spiro atoms. The van der Waals surface area contributed by atoms with Crippen LogP contribution in [0.1, 0.15) is 38.0 Å². The third-order valence-electron chi connectivity index (χ3n) is 1.35. The van der Waals surface area contributed by atoms with E-state index in [-0.39, 0.29) is 6.04 Å². The highest BCUT2D eigenvalue weighted by molar-refractivity contribution is 4.89. The molecule has 0 unspecified atom stereocenters. The second kappa shape index (κ2) is 3.48. The van der Waals surface area contributed by atoms with Gasteiger partial charge in [0.15, 0.2) is 5.82 Å². The van der Waals surface area contributed by atoms with E-state index in [1.165, 1.54) is 0 Å². The summed E-state index contributed by atoms with van der Waals surface area (Å²) in [5, 5.41) is 3.76. The molecule has 2 N–H and O–H groups in total. The lowest BCUT2D eigenvalue weighted by atomic mass is 10.3. The fourth-order valence-electron chi connectivity index (χ4n) is 0.778. The number of hydrogen-bond acceptors (Lipinski definition) is 4. The average molecular weight is 155 g/mol. The molecule has 0 saturated heterocycles. The monoisotopic (exact) mass is 155 g/mol. The second-order valence-electron chi connectivity index (χ2n) is 2.59. The molecule has 62 valence electrons. The summed E-state index contributed by atoms with van der Waals surface area (Å²) < 4.78 is 4.89. The molecule has 1 aromatic rings. The van der Waals surface area contributed by atoms with E-state index >= 15 is 0 Å². The third-order valence-corrected chi connectivity index (χ3v) is 1.35. The summed E-state index contributed by atoms with van der Waals surface area (Å²) in [4.78, 5) is 4.10. The normalized spacial score (nSPS) is 13.4. The van der Waals surface area contributed by atoms with Gasteiger partial charge in [-0.2, -0.15) is 4.98 Å². The predicted octanol–water partition coefficient (Wildman–Crippen LogP) is 1.04. The molecular weight excluding hydrogens is 142 g/mol. The van der Waals surface area contributed by atoms with Gasteiger partial charge in [-0.25, -0.2) is 0 Å². The van der Waals surface area contributed by atoms with Crippen LogP contribution in [0.5, 0.6) is 0 Å². The summed E-state index contributed by atoms with van der Waals surface area (Å²) in [6.07, 6.45) is 1.88. The van der Waals surface area contributed by atoms with Crippen LogP contribution in [0.3, 0.4) is 0 Å². The van der Waals surface area contributed by atoms with E-state index in [4.69, 9.17) is 10.3 Å². The summed E-state index contributed by atoms with van der Waals surface area (Å²) in [5.74, 6) is 1.27. The van der Waals surface area contributed by atoms with Crippen LogP contribution < -0.4 is 5.73 Å². The van der Waals surface area contributed by atoms with E-state index in [9.17, 15) is 0 Å². The molecule has 1 aromatic heterocycles. The Hall–Kier alpha value is -0.900. The van der Waals surface area contributed by atoms with Crippen LogP contribution in [0.4, 0.5) is 0 Å². The van der Waals surface area contributed by atoms with E-state index in [0.29, 0.717) is 5.89 Å². The van der Waals surface area contributed by atoms with E-state index in [2.05, 4.69) is 17.1 Å². The van der Waals surface area contributed by atoms with Gasteiger partial charge in [0.2, 0.25) is 5.89 Å². The fourth-order valence-corrected chi connectivity index (χ4v) is 0.778. The Morgan fingerprint density at radius 2 is 2.36 bits per heavy atom. The number of nitrogens with zero attached hydrogens (tertiary/aromatic N) is 2. The molecule has 0 fully saturated rings. The van der Waals surface area contributed by atoms with Gasteiger partial charge in [-0.3, -0.25) is 0 Å². The minimum atomic E-state index is -0.159. The molecule has 4 heteroatoms. The zero-order valence-corrected chi connectivity index (χ0v) is 6.87. The van der Waals surface area contributed by atoms with Crippen molar-refractivity contribution in [2.45, 2.75) is 32.7 Å². The lowest BCUT2D eigenvalue weighted by molar-refractivity contribution is 0.357. The maximum absolute atomic E-state index is 5.53. The molecule has 1 heterocycles. The lowest BCUT2D eigenvalue weighted by Crippen LogP contribution is -2.05. The van der Waals surface area contributed by atoms with Crippen LogP contribution >= 0.6 is 0 Å². The standard InChI is InChI=1S/C7H13N3O/c1-3-4-6-9-7(5(2)8)11-10-6/h5H,3-4,8H2,1-2H3/t5-/m1/s1. The van der Waals surface area contributed by atoms with Gasteiger partial charge in [0, 0.05) is 6.42 Å². The van der Waals surface area contributed by atoms with E-state index in [1.54, 1.807) is 0 Å². The highest BCUT2D eigenvalue weighted by atomic mass is 16.5. The van der Waals surface area contributed by atoms with Crippen LogP contribution in [0.25, 0.3) is 0 Å². The minimum Gasteiger partial charge on any atom is -0.338 e. The van der Waals surface area contributed by atoms with Crippen molar-refractivity contribution >= 4 is 0 Å². The average Bonchev–Trinajstić information content (AvgIpc) is 2.37. The SMILES string of the molecule is CCCc1noc([C@@H](C)N)n1. The maximum atomic E-state index is 5.53. The topological polar surface area (TPSA) is 64.9 Å². The number of nitrogens with two attached hydrogens (primary N) is 1. The zero-order chi connectivity index (χ0) is 8.27. The molecule has 1 atom stereocenters. The highest BCUT2D eigenvalue weighted by Gasteiger charge is 2.08. The molecule has 11 heavy (non-hydrogen) atoms. The van der Waals surface area contributed by atoms with Crippen LogP contribution in [-0.4, -0.2) is 10.1 Å². The molecule has 0 aromatic carbocycles. The molecule has 4 nitrogen and oxygen atoms in total. The number of hydrogen-bond donors (Lipinski definition) is 1. The van der Waals surface area contributed by atoms with Crippen molar-refractivity contribution in [3.63, 3.8) is 0 Å². The molecular formula is C7H13N3O. The quantitative estimate of drug-likeness (QED) is 0.708. The first-order chi connectivity index (χ1) is 5.24. The molecule has 0 aliphatic heterocycles. The smallest absolute Gasteiger partial charge is 0.243 e. The summed E-state index contributed by atoms with van der Waals surface area (Å²) in [7, 11) is 0. The van der Waals surface area contributed by atoms with Gasteiger partial charge in [0.05, 0.1) is 6.04 Å². The van der Waals surface area contributed by atoms with Gasteiger partial charge in [-0.15, -0.1) is 0 Å². The van der Waals surface area contributed by atoms with Crippen molar-refractivity contribution in [3.8, 4) is 0 Å². The molecule has 0 bridgehead atoms. The van der Waals surface area contributed by atoms with Crippen LogP contribution in [0.2, 0.25) is 0 Å². The third kappa shape index (κ3) is 2.01. The Kier molecular flexibility index (Phi) is 2.59. The van der Waals surface area contributed by atoms with Gasteiger partial charge >= 0.3 is 0 Å². The van der Waals surface area contributed by atoms with Crippen LogP contribution in [-0.2, 0) is 6.42 Å². The van der Waals surface area contributed by atoms with Gasteiger partial charge < -0.3 is 10.3 Å².